The van der Waals surface area contributed by atoms with Gasteiger partial charge in [0.05, 0.1) is 18.1 Å². The van der Waals surface area contributed by atoms with Crippen LogP contribution in [-0.2, 0) is 6.54 Å². The number of hydrogen-bond acceptors (Lipinski definition) is 6. The zero-order chi connectivity index (χ0) is 23.1. The van der Waals surface area contributed by atoms with Gasteiger partial charge < -0.3 is 5.11 Å². The van der Waals surface area contributed by atoms with Crippen molar-refractivity contribution in [1.82, 2.24) is 19.7 Å². The summed E-state index contributed by atoms with van der Waals surface area (Å²) in [5.41, 5.74) is 1.93. The molecule has 6 rings (SSSR count). The maximum atomic E-state index is 14.6. The van der Waals surface area contributed by atoms with Crippen molar-refractivity contribution in [3.8, 4) is 5.75 Å². The molecule has 0 radical (unpaired) electrons. The highest BCUT2D eigenvalue weighted by atomic mass is 19.1. The van der Waals surface area contributed by atoms with Crippen LogP contribution < -0.4 is 10.4 Å². The van der Waals surface area contributed by atoms with Crippen LogP contribution in [0.1, 0.15) is 47.1 Å². The largest absolute Gasteiger partial charge is 0.503 e. The number of aromatic hydroxyl groups is 1. The Labute approximate surface area is 187 Å². The molecule has 2 aromatic carbocycles. The highest BCUT2D eigenvalue weighted by Gasteiger charge is 2.44. The molecule has 33 heavy (non-hydrogen) atoms. The van der Waals surface area contributed by atoms with Crippen molar-refractivity contribution < 1.29 is 14.3 Å². The van der Waals surface area contributed by atoms with Crippen LogP contribution in [0.3, 0.4) is 0 Å². The first kappa shape index (κ1) is 19.7. The van der Waals surface area contributed by atoms with Gasteiger partial charge in [-0.3, -0.25) is 19.3 Å². The minimum absolute atomic E-state index is 0.0505. The number of aromatic nitrogens is 4. The summed E-state index contributed by atoms with van der Waals surface area (Å²) in [5.74, 6) is -1.34. The van der Waals surface area contributed by atoms with Gasteiger partial charge in [-0.1, -0.05) is 49.4 Å². The third-order valence-corrected chi connectivity index (χ3v) is 6.62. The van der Waals surface area contributed by atoms with Gasteiger partial charge in [0.1, 0.15) is 5.52 Å². The summed E-state index contributed by atoms with van der Waals surface area (Å²) in [6, 6.07) is 11.7. The Morgan fingerprint density at radius 2 is 1.88 bits per heavy atom. The molecule has 4 aromatic rings. The Hall–Kier alpha value is -4.01. The van der Waals surface area contributed by atoms with Crippen LogP contribution in [-0.4, -0.2) is 37.1 Å². The summed E-state index contributed by atoms with van der Waals surface area (Å²) in [4.78, 5) is 25.4. The Kier molecular flexibility index (Phi) is 3.87. The fraction of sp³-hybridized carbons (Fsp3) is 0.250. The zero-order valence-electron chi connectivity index (χ0n) is 18.0. The average molecular weight is 445 g/mol. The SMILES string of the molecule is CC1(C)CN(C2c3ccccc3Cn3nnc4c(F)ccc2c43)n2ccc(=O)c(O)c2C1=O. The van der Waals surface area contributed by atoms with Crippen molar-refractivity contribution in [2.24, 2.45) is 5.41 Å². The second-order valence-corrected chi connectivity index (χ2v) is 9.21. The number of halogens is 1. The lowest BCUT2D eigenvalue weighted by Crippen LogP contribution is -2.54. The van der Waals surface area contributed by atoms with Gasteiger partial charge in [0.15, 0.2) is 23.0 Å². The number of carbonyl (C=O) groups is 1. The van der Waals surface area contributed by atoms with E-state index in [9.17, 15) is 19.1 Å². The van der Waals surface area contributed by atoms with Crippen molar-refractivity contribution in [2.45, 2.75) is 26.4 Å². The first-order valence-corrected chi connectivity index (χ1v) is 10.6. The van der Waals surface area contributed by atoms with Gasteiger partial charge in [-0.25, -0.2) is 9.07 Å². The molecule has 8 nitrogen and oxygen atoms in total. The lowest BCUT2D eigenvalue weighted by Gasteiger charge is -2.45. The number of hydrogen-bond donors (Lipinski definition) is 1. The number of fused-ring (bicyclic) bond motifs is 2. The van der Waals surface area contributed by atoms with Crippen molar-refractivity contribution in [3.63, 3.8) is 0 Å². The normalized spacial score (nSPS) is 18.7. The topological polar surface area (TPSA) is 93.2 Å². The lowest BCUT2D eigenvalue weighted by atomic mass is 9.82. The number of rotatable bonds is 1. The summed E-state index contributed by atoms with van der Waals surface area (Å²) in [6.07, 6.45) is 1.51. The predicted octanol–water partition coefficient (Wildman–Crippen LogP) is 2.75. The molecule has 0 saturated heterocycles. The van der Waals surface area contributed by atoms with Crippen LogP contribution in [0.25, 0.3) is 11.0 Å². The molecule has 2 aromatic heterocycles. The molecule has 2 aliphatic heterocycles. The van der Waals surface area contributed by atoms with Crippen LogP contribution >= 0.6 is 0 Å². The Morgan fingerprint density at radius 1 is 1.09 bits per heavy atom. The van der Waals surface area contributed by atoms with Gasteiger partial charge in [-0.05, 0) is 17.2 Å². The minimum atomic E-state index is -0.885. The van der Waals surface area contributed by atoms with Gasteiger partial charge in [0.2, 0.25) is 5.43 Å². The van der Waals surface area contributed by atoms with Gasteiger partial charge >= 0.3 is 0 Å². The number of nitrogens with zero attached hydrogens (tertiary/aromatic N) is 5. The fourth-order valence-corrected chi connectivity index (χ4v) is 5.04. The first-order valence-electron chi connectivity index (χ1n) is 10.6. The molecule has 0 aliphatic carbocycles. The fourth-order valence-electron chi connectivity index (χ4n) is 5.04. The van der Waals surface area contributed by atoms with E-state index in [0.717, 1.165) is 16.7 Å². The van der Waals surface area contributed by atoms with Crippen LogP contribution in [0.4, 0.5) is 4.39 Å². The molecule has 0 saturated carbocycles. The summed E-state index contributed by atoms with van der Waals surface area (Å²) in [5, 5.41) is 20.8. The highest BCUT2D eigenvalue weighted by Crippen LogP contribution is 2.42. The van der Waals surface area contributed by atoms with E-state index in [1.54, 1.807) is 29.3 Å². The molecule has 2 aliphatic rings. The van der Waals surface area contributed by atoms with Crippen molar-refractivity contribution in [3.05, 3.63) is 87.1 Å². The van der Waals surface area contributed by atoms with E-state index < -0.39 is 28.5 Å². The second kappa shape index (κ2) is 6.50. The molecule has 1 unspecified atom stereocenters. The average Bonchev–Trinajstić information content (AvgIpc) is 3.15. The molecular formula is C24H20FN5O3. The van der Waals surface area contributed by atoms with E-state index in [0.29, 0.717) is 18.6 Å². The molecular weight excluding hydrogens is 425 g/mol. The third kappa shape index (κ3) is 2.62. The highest BCUT2D eigenvalue weighted by molar-refractivity contribution is 6.02. The molecule has 1 N–H and O–H groups in total. The second-order valence-electron chi connectivity index (χ2n) is 9.21. The minimum Gasteiger partial charge on any atom is -0.503 e. The number of carbonyl (C=O) groups excluding carboxylic acids is 1. The molecule has 0 amide bonds. The van der Waals surface area contributed by atoms with E-state index in [-0.39, 0.29) is 17.0 Å². The molecule has 166 valence electrons. The molecule has 1 atom stereocenters. The van der Waals surface area contributed by atoms with Crippen molar-refractivity contribution in [1.29, 1.82) is 0 Å². The number of benzene rings is 2. The molecule has 0 spiro atoms. The monoisotopic (exact) mass is 445 g/mol. The summed E-state index contributed by atoms with van der Waals surface area (Å²) in [6.45, 7) is 4.30. The Balaban J connectivity index is 1.70. The Bertz CT molecular complexity index is 1540. The maximum absolute atomic E-state index is 14.6. The maximum Gasteiger partial charge on any atom is 0.224 e. The van der Waals surface area contributed by atoms with Crippen LogP contribution in [0, 0.1) is 11.2 Å². The van der Waals surface area contributed by atoms with E-state index in [1.165, 1.54) is 18.3 Å². The summed E-state index contributed by atoms with van der Waals surface area (Å²) >= 11 is 0. The first-order chi connectivity index (χ1) is 15.8. The van der Waals surface area contributed by atoms with Crippen LogP contribution in [0.15, 0.2) is 53.5 Å². The molecule has 0 fully saturated rings. The summed E-state index contributed by atoms with van der Waals surface area (Å²) < 4.78 is 17.9. The van der Waals surface area contributed by atoms with Crippen molar-refractivity contribution >= 4 is 16.8 Å². The lowest BCUT2D eigenvalue weighted by molar-refractivity contribution is 0.0787. The van der Waals surface area contributed by atoms with Gasteiger partial charge in [0, 0.05) is 29.8 Å². The van der Waals surface area contributed by atoms with Crippen LogP contribution in [0.2, 0.25) is 0 Å². The van der Waals surface area contributed by atoms with E-state index in [4.69, 9.17) is 0 Å². The molecule has 9 heteroatoms. The van der Waals surface area contributed by atoms with Gasteiger partial charge in [-0.15, -0.1) is 5.10 Å². The zero-order valence-corrected chi connectivity index (χ0v) is 18.0. The Morgan fingerprint density at radius 3 is 2.70 bits per heavy atom. The van der Waals surface area contributed by atoms with Crippen molar-refractivity contribution in [2.75, 3.05) is 11.6 Å². The van der Waals surface area contributed by atoms with Crippen LogP contribution in [0.5, 0.6) is 5.75 Å². The van der Waals surface area contributed by atoms with E-state index in [1.807, 2.05) is 29.3 Å². The van der Waals surface area contributed by atoms with E-state index in [2.05, 4.69) is 10.3 Å². The van der Waals surface area contributed by atoms with Gasteiger partial charge in [0.25, 0.3) is 0 Å². The standard InChI is InChI=1S/C24H20FN5O3/c1-24(2)12-30(29-10-9-17(31)22(32)21(29)23(24)33)19-14-6-4-3-5-13(14)11-28-20-15(19)7-8-16(25)18(20)26-27-28/h3-10,19,32H,11-12H2,1-2H3. The number of Topliss-reactive ketones (excluding diaryl/α,β-unsaturated/α-hetero) is 1. The predicted molar refractivity (Wildman–Crippen MR) is 118 cm³/mol. The quantitative estimate of drug-likeness (QED) is 0.484. The summed E-state index contributed by atoms with van der Waals surface area (Å²) in [7, 11) is 0. The number of ketones is 1. The van der Waals surface area contributed by atoms with Gasteiger partial charge in [-0.2, -0.15) is 0 Å². The smallest absolute Gasteiger partial charge is 0.224 e. The molecule has 0 bridgehead atoms. The molecule has 4 heterocycles. The van der Waals surface area contributed by atoms with E-state index >= 15 is 0 Å². The number of pyridine rings is 1. The third-order valence-electron chi connectivity index (χ3n) is 6.62.